The first kappa shape index (κ1) is 18.2. The van der Waals surface area contributed by atoms with Crippen molar-refractivity contribution in [2.24, 2.45) is 0 Å². The quantitative estimate of drug-likeness (QED) is 0.653. The molecule has 0 radical (unpaired) electrons. The maximum absolute atomic E-state index is 11.0. The molecule has 5 nitrogen and oxygen atoms in total. The summed E-state index contributed by atoms with van der Waals surface area (Å²) in [5, 5.41) is 12.4. The Morgan fingerprint density at radius 1 is 1.21 bits per heavy atom. The van der Waals surface area contributed by atoms with Crippen molar-refractivity contribution < 1.29 is 14.3 Å². The minimum atomic E-state index is -0.932. The molecule has 2 N–H and O–H groups in total. The van der Waals surface area contributed by atoms with Crippen LogP contribution < -0.4 is 5.32 Å². The molecule has 2 rings (SSSR count). The molecule has 0 atom stereocenters. The molecular formula is C19H26N2O3. The van der Waals surface area contributed by atoms with Crippen molar-refractivity contribution in [1.29, 1.82) is 0 Å². The van der Waals surface area contributed by atoms with E-state index < -0.39 is 5.97 Å². The van der Waals surface area contributed by atoms with Crippen molar-refractivity contribution in [3.63, 3.8) is 0 Å². The third-order valence-electron chi connectivity index (χ3n) is 4.08. The molecule has 0 aliphatic carbocycles. The van der Waals surface area contributed by atoms with E-state index in [0.717, 1.165) is 43.9 Å². The summed E-state index contributed by atoms with van der Waals surface area (Å²) in [5.41, 5.74) is 1.04. The highest BCUT2D eigenvalue weighted by Crippen LogP contribution is 2.23. The molecule has 0 fully saturated rings. The molecule has 0 spiro atoms. The van der Waals surface area contributed by atoms with Gasteiger partial charge in [0.1, 0.15) is 11.5 Å². The first-order valence-electron chi connectivity index (χ1n) is 8.49. The van der Waals surface area contributed by atoms with E-state index >= 15 is 0 Å². The fraction of sp³-hybridized carbons (Fsp3) is 0.421. The average Bonchev–Trinajstić information content (AvgIpc) is 3.07. The van der Waals surface area contributed by atoms with Gasteiger partial charge in [0, 0.05) is 5.56 Å². The van der Waals surface area contributed by atoms with Gasteiger partial charge in [0.2, 0.25) is 0 Å². The summed E-state index contributed by atoms with van der Waals surface area (Å²) in [6.07, 6.45) is 1.11. The highest BCUT2D eigenvalue weighted by molar-refractivity contribution is 5.89. The van der Waals surface area contributed by atoms with Crippen LogP contribution in [0.25, 0.3) is 11.3 Å². The van der Waals surface area contributed by atoms with Gasteiger partial charge in [-0.05, 0) is 56.9 Å². The minimum absolute atomic E-state index is 0.264. The molecule has 1 heterocycles. The second-order valence-corrected chi connectivity index (χ2v) is 5.71. The zero-order valence-corrected chi connectivity index (χ0v) is 14.4. The predicted molar refractivity (Wildman–Crippen MR) is 95.2 cm³/mol. The van der Waals surface area contributed by atoms with E-state index in [2.05, 4.69) is 24.1 Å². The number of hydrogen-bond acceptors (Lipinski definition) is 4. The van der Waals surface area contributed by atoms with Gasteiger partial charge in [-0.2, -0.15) is 0 Å². The standard InChI is InChI=1S/C19H26N2O3/c1-3-21(4-2)12-6-11-20-14-17-9-10-18(24-17)15-7-5-8-16(13-15)19(22)23/h5,7-10,13,20H,3-4,6,11-12,14H2,1-2H3,(H,22,23). The number of aromatic carboxylic acids is 1. The first-order chi connectivity index (χ1) is 11.6. The molecule has 0 aliphatic heterocycles. The number of carboxylic acids is 1. The molecule has 0 saturated heterocycles. The predicted octanol–water partition coefficient (Wildman–Crippen LogP) is 3.47. The van der Waals surface area contributed by atoms with Crippen molar-refractivity contribution >= 4 is 5.97 Å². The molecule has 2 aromatic rings. The van der Waals surface area contributed by atoms with E-state index in [-0.39, 0.29) is 5.56 Å². The lowest BCUT2D eigenvalue weighted by molar-refractivity contribution is 0.0697. The van der Waals surface area contributed by atoms with Gasteiger partial charge in [-0.25, -0.2) is 4.79 Å². The van der Waals surface area contributed by atoms with Crippen LogP contribution in [0.4, 0.5) is 0 Å². The number of nitrogens with one attached hydrogen (secondary N) is 1. The third-order valence-corrected chi connectivity index (χ3v) is 4.08. The smallest absolute Gasteiger partial charge is 0.335 e. The molecule has 0 aliphatic rings. The van der Waals surface area contributed by atoms with Crippen LogP contribution in [-0.4, -0.2) is 42.2 Å². The van der Waals surface area contributed by atoms with Crippen molar-refractivity contribution in [2.45, 2.75) is 26.8 Å². The SMILES string of the molecule is CCN(CC)CCCNCc1ccc(-c2cccc(C(=O)O)c2)o1. The Labute approximate surface area is 143 Å². The van der Waals surface area contributed by atoms with Gasteiger partial charge in [0.05, 0.1) is 12.1 Å². The number of carbonyl (C=O) groups is 1. The molecule has 5 heteroatoms. The summed E-state index contributed by atoms with van der Waals surface area (Å²) in [5.74, 6) is 0.616. The lowest BCUT2D eigenvalue weighted by Gasteiger charge is -2.17. The number of hydrogen-bond donors (Lipinski definition) is 2. The molecule has 0 amide bonds. The third kappa shape index (κ3) is 5.22. The monoisotopic (exact) mass is 330 g/mol. The average molecular weight is 330 g/mol. The van der Waals surface area contributed by atoms with Gasteiger partial charge in [0.25, 0.3) is 0 Å². The summed E-state index contributed by atoms with van der Waals surface area (Å²) >= 11 is 0. The highest BCUT2D eigenvalue weighted by atomic mass is 16.4. The summed E-state index contributed by atoms with van der Waals surface area (Å²) in [7, 11) is 0. The van der Waals surface area contributed by atoms with Crippen LogP contribution in [0, 0.1) is 0 Å². The lowest BCUT2D eigenvalue weighted by Crippen LogP contribution is -2.27. The van der Waals surface area contributed by atoms with Crippen molar-refractivity contribution in [3.05, 3.63) is 47.7 Å². The van der Waals surface area contributed by atoms with Crippen LogP contribution in [0.15, 0.2) is 40.8 Å². The van der Waals surface area contributed by atoms with E-state index in [9.17, 15) is 4.79 Å². The molecule has 24 heavy (non-hydrogen) atoms. The van der Waals surface area contributed by atoms with Gasteiger partial charge in [-0.3, -0.25) is 0 Å². The number of benzene rings is 1. The number of rotatable bonds is 10. The molecule has 0 unspecified atom stereocenters. The van der Waals surface area contributed by atoms with E-state index in [0.29, 0.717) is 12.3 Å². The van der Waals surface area contributed by atoms with E-state index in [1.165, 1.54) is 0 Å². The number of furan rings is 1. The Hall–Kier alpha value is -2.11. The van der Waals surface area contributed by atoms with Crippen molar-refractivity contribution in [1.82, 2.24) is 10.2 Å². The normalized spacial score (nSPS) is 11.1. The Balaban J connectivity index is 1.83. The number of nitrogens with zero attached hydrogens (tertiary/aromatic N) is 1. The highest BCUT2D eigenvalue weighted by Gasteiger charge is 2.08. The maximum Gasteiger partial charge on any atom is 0.335 e. The van der Waals surface area contributed by atoms with Gasteiger partial charge in [-0.15, -0.1) is 0 Å². The second kappa shape index (κ2) is 9.25. The fourth-order valence-corrected chi connectivity index (χ4v) is 2.61. The summed E-state index contributed by atoms with van der Waals surface area (Å²) in [4.78, 5) is 13.4. The second-order valence-electron chi connectivity index (χ2n) is 5.71. The zero-order chi connectivity index (χ0) is 17.4. The lowest BCUT2D eigenvalue weighted by atomic mass is 10.1. The van der Waals surface area contributed by atoms with Gasteiger partial charge in [-0.1, -0.05) is 26.0 Å². The Bertz CT molecular complexity index is 648. The topological polar surface area (TPSA) is 65.7 Å². The summed E-state index contributed by atoms with van der Waals surface area (Å²) in [6, 6.07) is 10.6. The Morgan fingerprint density at radius 3 is 2.71 bits per heavy atom. The first-order valence-corrected chi connectivity index (χ1v) is 8.49. The van der Waals surface area contributed by atoms with Crippen LogP contribution in [-0.2, 0) is 6.54 Å². The molecule has 0 bridgehead atoms. The Morgan fingerprint density at radius 2 is 2.00 bits per heavy atom. The summed E-state index contributed by atoms with van der Waals surface area (Å²) < 4.78 is 5.81. The van der Waals surface area contributed by atoms with Gasteiger partial charge in [0.15, 0.2) is 0 Å². The van der Waals surface area contributed by atoms with Crippen molar-refractivity contribution in [3.8, 4) is 11.3 Å². The molecule has 1 aromatic carbocycles. The maximum atomic E-state index is 11.0. The molecule has 0 saturated carbocycles. The molecular weight excluding hydrogens is 304 g/mol. The fourth-order valence-electron chi connectivity index (χ4n) is 2.61. The van der Waals surface area contributed by atoms with E-state index in [1.807, 2.05) is 18.2 Å². The number of carboxylic acid groups (broad SMARTS) is 1. The van der Waals surface area contributed by atoms with Crippen LogP contribution in [0.5, 0.6) is 0 Å². The van der Waals surface area contributed by atoms with Crippen molar-refractivity contribution in [2.75, 3.05) is 26.2 Å². The van der Waals surface area contributed by atoms with Gasteiger partial charge < -0.3 is 19.7 Å². The molecule has 130 valence electrons. The molecule has 1 aromatic heterocycles. The van der Waals surface area contributed by atoms with Crippen LogP contribution in [0.1, 0.15) is 36.4 Å². The van der Waals surface area contributed by atoms with E-state index in [4.69, 9.17) is 9.52 Å². The van der Waals surface area contributed by atoms with Crippen LogP contribution in [0.2, 0.25) is 0 Å². The summed E-state index contributed by atoms with van der Waals surface area (Å²) in [6.45, 7) is 9.27. The Kier molecular flexibility index (Phi) is 7.03. The largest absolute Gasteiger partial charge is 0.478 e. The van der Waals surface area contributed by atoms with E-state index in [1.54, 1.807) is 18.2 Å². The van der Waals surface area contributed by atoms with Crippen LogP contribution in [0.3, 0.4) is 0 Å². The zero-order valence-electron chi connectivity index (χ0n) is 14.4. The van der Waals surface area contributed by atoms with Crippen LogP contribution >= 0.6 is 0 Å². The van der Waals surface area contributed by atoms with Gasteiger partial charge >= 0.3 is 5.97 Å². The minimum Gasteiger partial charge on any atom is -0.478 e.